The van der Waals surface area contributed by atoms with Crippen molar-refractivity contribution >= 4 is 44.7 Å². The Balaban J connectivity index is 0.00000274. The van der Waals surface area contributed by atoms with E-state index in [0.29, 0.717) is 6.04 Å². The van der Waals surface area contributed by atoms with E-state index in [4.69, 9.17) is 9.97 Å². The highest BCUT2D eigenvalue weighted by atomic mass is 35.5. The van der Waals surface area contributed by atoms with Gasteiger partial charge in [0, 0.05) is 36.6 Å². The summed E-state index contributed by atoms with van der Waals surface area (Å²) in [5, 5.41) is 4.90. The molecule has 0 saturated carbocycles. The van der Waals surface area contributed by atoms with E-state index in [1.54, 1.807) is 11.3 Å². The molecule has 4 aromatic rings. The summed E-state index contributed by atoms with van der Waals surface area (Å²) in [5.41, 5.74) is 7.16. The van der Waals surface area contributed by atoms with Gasteiger partial charge in [0.25, 0.3) is 0 Å². The Morgan fingerprint density at radius 3 is 2.44 bits per heavy atom. The lowest BCUT2D eigenvalue weighted by atomic mass is 9.79. The van der Waals surface area contributed by atoms with Crippen LogP contribution in [-0.4, -0.2) is 38.5 Å². The van der Waals surface area contributed by atoms with Crippen LogP contribution in [0, 0.1) is 6.92 Å². The highest BCUT2D eigenvalue weighted by Gasteiger charge is 2.39. The van der Waals surface area contributed by atoms with Crippen LogP contribution < -0.4 is 10.2 Å². The molecule has 0 spiro atoms. The Labute approximate surface area is 213 Å². The summed E-state index contributed by atoms with van der Waals surface area (Å²) in [7, 11) is 2.21. The third-order valence-corrected chi connectivity index (χ3v) is 7.97. The van der Waals surface area contributed by atoms with Gasteiger partial charge in [0.1, 0.15) is 5.65 Å². The maximum absolute atomic E-state index is 5.01. The lowest BCUT2D eigenvalue weighted by molar-refractivity contribution is 0.161. The van der Waals surface area contributed by atoms with Gasteiger partial charge in [-0.3, -0.25) is 0 Å². The normalized spacial score (nSPS) is 17.7. The Kier molecular flexibility index (Phi) is 6.47. The fraction of sp³-hybridized carbons (Fsp3) is 0.481. The van der Waals surface area contributed by atoms with Crippen LogP contribution in [0.2, 0.25) is 0 Å². The first-order chi connectivity index (χ1) is 15.5. The van der Waals surface area contributed by atoms with Crippen LogP contribution in [-0.2, 0) is 6.42 Å². The van der Waals surface area contributed by atoms with Gasteiger partial charge in [0.15, 0.2) is 5.13 Å². The fourth-order valence-electron chi connectivity index (χ4n) is 5.65. The van der Waals surface area contributed by atoms with Gasteiger partial charge in [-0.25, -0.2) is 9.97 Å². The molecule has 1 aliphatic rings. The monoisotopic (exact) mass is 497 g/mol. The molecule has 0 bridgehead atoms. The molecule has 3 aromatic heterocycles. The van der Waals surface area contributed by atoms with Crippen molar-refractivity contribution in [2.45, 2.75) is 77.9 Å². The van der Waals surface area contributed by atoms with E-state index in [9.17, 15) is 0 Å². The minimum Gasteiger partial charge on any atom is -0.348 e. The molecule has 0 amide bonds. The van der Waals surface area contributed by atoms with Gasteiger partial charge in [0.2, 0.25) is 0 Å². The molecule has 4 heterocycles. The molecule has 34 heavy (non-hydrogen) atoms. The third-order valence-electron chi connectivity index (χ3n) is 6.86. The van der Waals surface area contributed by atoms with Crippen molar-refractivity contribution < 1.29 is 0 Å². The average molecular weight is 498 g/mol. The molecule has 1 fully saturated rings. The molecule has 0 atom stereocenters. The largest absolute Gasteiger partial charge is 0.348 e. The number of anilines is 1. The summed E-state index contributed by atoms with van der Waals surface area (Å²) in [6.45, 7) is 13.5. The van der Waals surface area contributed by atoms with Gasteiger partial charge in [-0.1, -0.05) is 24.3 Å². The van der Waals surface area contributed by atoms with E-state index in [2.05, 4.69) is 99.9 Å². The van der Waals surface area contributed by atoms with Crippen LogP contribution in [0.5, 0.6) is 0 Å². The molecular formula is C27H36ClN5S. The summed E-state index contributed by atoms with van der Waals surface area (Å²) in [5.74, 6) is 0. The molecule has 0 aliphatic carbocycles. The number of pyridine rings is 1. The van der Waals surface area contributed by atoms with Crippen LogP contribution in [0.1, 0.15) is 58.7 Å². The van der Waals surface area contributed by atoms with Gasteiger partial charge in [-0.15, -0.1) is 12.4 Å². The molecule has 0 unspecified atom stereocenters. The van der Waals surface area contributed by atoms with Gasteiger partial charge in [-0.2, -0.15) is 0 Å². The Morgan fingerprint density at radius 1 is 1.06 bits per heavy atom. The lowest BCUT2D eigenvalue weighted by Crippen LogP contribution is -2.61. The summed E-state index contributed by atoms with van der Waals surface area (Å²) in [6, 6.07) is 9.42. The first-order valence-electron chi connectivity index (χ1n) is 11.9. The predicted molar refractivity (Wildman–Crippen MR) is 148 cm³/mol. The predicted octanol–water partition coefficient (Wildman–Crippen LogP) is 6.65. The number of aryl methyl sites for hydroxylation is 2. The zero-order chi connectivity index (χ0) is 23.5. The van der Waals surface area contributed by atoms with E-state index in [1.807, 2.05) is 0 Å². The Bertz CT molecular complexity index is 1320. The van der Waals surface area contributed by atoms with Crippen LogP contribution in [0.3, 0.4) is 0 Å². The molecule has 0 radical (unpaired) electrons. The van der Waals surface area contributed by atoms with Crippen LogP contribution in [0.25, 0.3) is 27.0 Å². The minimum absolute atomic E-state index is 0. The molecule has 1 aromatic carbocycles. The van der Waals surface area contributed by atoms with E-state index in [0.717, 1.165) is 41.3 Å². The molecular weight excluding hydrogens is 462 g/mol. The number of imidazole rings is 1. The summed E-state index contributed by atoms with van der Waals surface area (Å²) < 4.78 is 3.40. The quantitative estimate of drug-likeness (QED) is 0.343. The number of aromatic nitrogens is 3. The summed E-state index contributed by atoms with van der Waals surface area (Å²) in [4.78, 5) is 12.1. The molecule has 7 heteroatoms. The number of thiazole rings is 1. The molecule has 5 nitrogen and oxygen atoms in total. The smallest absolute Gasteiger partial charge is 0.186 e. The molecule has 1 N–H and O–H groups in total. The zero-order valence-electron chi connectivity index (χ0n) is 21.3. The number of rotatable bonds is 4. The first-order valence-corrected chi connectivity index (χ1v) is 12.8. The van der Waals surface area contributed by atoms with Crippen molar-refractivity contribution in [2.24, 2.45) is 0 Å². The fourth-order valence-corrected chi connectivity index (χ4v) is 6.69. The highest BCUT2D eigenvalue weighted by molar-refractivity contribution is 7.22. The Morgan fingerprint density at radius 2 is 1.76 bits per heavy atom. The maximum Gasteiger partial charge on any atom is 0.186 e. The maximum atomic E-state index is 5.01. The van der Waals surface area contributed by atoms with Crippen molar-refractivity contribution in [3.05, 3.63) is 47.9 Å². The standard InChI is InChI=1S/C27H35N5S.ClH/c1-8-18-11-20(16-32-15-17(2)28-24(18)32)19-9-10-22-23(12-19)33-25(29-22)31(7)21-13-26(3,4)30-27(5,6)14-21;/h9-12,15-16,21,30H,8,13-14H2,1-7H3;1H. The van der Waals surface area contributed by atoms with Crippen LogP contribution in [0.4, 0.5) is 5.13 Å². The Hall–Kier alpha value is -2.15. The number of hydrogen-bond donors (Lipinski definition) is 1. The minimum atomic E-state index is 0. The van der Waals surface area contributed by atoms with Crippen LogP contribution >= 0.6 is 23.7 Å². The number of halogens is 1. The summed E-state index contributed by atoms with van der Waals surface area (Å²) in [6.07, 6.45) is 7.49. The number of hydrogen-bond acceptors (Lipinski definition) is 5. The van der Waals surface area contributed by atoms with Crippen molar-refractivity contribution in [1.29, 1.82) is 0 Å². The summed E-state index contributed by atoms with van der Waals surface area (Å²) >= 11 is 1.80. The van der Waals surface area contributed by atoms with Gasteiger partial charge in [-0.05, 0) is 88.8 Å². The van der Waals surface area contributed by atoms with Gasteiger partial charge >= 0.3 is 0 Å². The van der Waals surface area contributed by atoms with Crippen molar-refractivity contribution in [2.75, 3.05) is 11.9 Å². The number of fused-ring (bicyclic) bond motifs is 2. The van der Waals surface area contributed by atoms with Gasteiger partial charge in [0.05, 0.1) is 15.9 Å². The molecule has 1 saturated heterocycles. The van der Waals surface area contributed by atoms with E-state index < -0.39 is 0 Å². The van der Waals surface area contributed by atoms with Crippen molar-refractivity contribution in [3.8, 4) is 11.1 Å². The SMILES string of the molecule is CCc1cc(-c2ccc3nc(N(C)C4CC(C)(C)NC(C)(C)C4)sc3c2)cn2cc(C)nc12.Cl. The van der Waals surface area contributed by atoms with Crippen molar-refractivity contribution in [3.63, 3.8) is 0 Å². The molecule has 1 aliphatic heterocycles. The molecule has 5 rings (SSSR count). The zero-order valence-corrected chi connectivity index (χ0v) is 22.9. The second-order valence-corrected chi connectivity index (χ2v) is 12.0. The van der Waals surface area contributed by atoms with Crippen LogP contribution in [0.15, 0.2) is 36.7 Å². The third kappa shape index (κ3) is 4.68. The molecule has 182 valence electrons. The second-order valence-electron chi connectivity index (χ2n) is 11.0. The average Bonchev–Trinajstić information content (AvgIpc) is 3.31. The highest BCUT2D eigenvalue weighted by Crippen LogP contribution is 2.37. The number of nitrogens with zero attached hydrogens (tertiary/aromatic N) is 4. The van der Waals surface area contributed by atoms with E-state index >= 15 is 0 Å². The second kappa shape index (κ2) is 8.81. The number of piperidine rings is 1. The lowest BCUT2D eigenvalue weighted by Gasteiger charge is -2.48. The first kappa shape index (κ1) is 25.0. The van der Waals surface area contributed by atoms with E-state index in [1.165, 1.54) is 21.4 Å². The van der Waals surface area contributed by atoms with Gasteiger partial charge < -0.3 is 14.6 Å². The number of nitrogens with one attached hydrogen (secondary N) is 1. The topological polar surface area (TPSA) is 45.5 Å². The van der Waals surface area contributed by atoms with Crippen molar-refractivity contribution in [1.82, 2.24) is 19.7 Å². The van der Waals surface area contributed by atoms with E-state index in [-0.39, 0.29) is 23.5 Å². The number of benzene rings is 1.